The van der Waals surface area contributed by atoms with Crippen molar-refractivity contribution in [1.29, 1.82) is 0 Å². The van der Waals surface area contributed by atoms with Gasteiger partial charge in [0, 0.05) is 32.6 Å². The van der Waals surface area contributed by atoms with Crippen molar-refractivity contribution >= 4 is 15.9 Å². The fourth-order valence-corrected chi connectivity index (χ4v) is 5.32. The first kappa shape index (κ1) is 16.9. The number of rotatable bonds is 2. The van der Waals surface area contributed by atoms with Crippen molar-refractivity contribution < 1.29 is 17.8 Å². The molecule has 3 rings (SSSR count). The monoisotopic (exact) mass is 318 g/mol. The number of Topliss-reactive ketones (excluding diaryl/α,β-unsaturated/α-hetero) is 1. The van der Waals surface area contributed by atoms with Gasteiger partial charge in [-0.15, -0.1) is 0 Å². The molecule has 1 heterocycles. The second-order valence-corrected chi connectivity index (χ2v) is 8.35. The summed E-state index contributed by atoms with van der Waals surface area (Å²) < 4.78 is 31.0. The lowest BCUT2D eigenvalue weighted by molar-refractivity contribution is -0.128. The van der Waals surface area contributed by atoms with Gasteiger partial charge < -0.3 is 10.6 Å². The summed E-state index contributed by atoms with van der Waals surface area (Å²) in [7, 11) is -4.08. The molecule has 122 valence electrons. The lowest BCUT2D eigenvalue weighted by Gasteiger charge is -2.35. The Morgan fingerprint density at radius 3 is 2.00 bits per heavy atom. The second-order valence-electron chi connectivity index (χ2n) is 6.89. The number of carbonyl (C=O) groups excluding carboxylic acids is 1. The predicted molar refractivity (Wildman–Crippen MR) is 80.7 cm³/mol. The number of carbonyl (C=O) groups is 1. The highest BCUT2D eigenvalue weighted by molar-refractivity contribution is 7.85. The van der Waals surface area contributed by atoms with Crippen LogP contribution in [0.5, 0.6) is 0 Å². The van der Waals surface area contributed by atoms with Crippen molar-refractivity contribution in [2.75, 3.05) is 31.9 Å². The third kappa shape index (κ3) is 3.31. The smallest absolute Gasteiger partial charge is 0.265 e. The van der Waals surface area contributed by atoms with E-state index in [1.54, 1.807) is 0 Å². The molecular formula is C14H26N2O4S. The quantitative estimate of drug-likeness (QED) is 0.640. The maximum absolute atomic E-state index is 11.9. The third-order valence-electron chi connectivity index (χ3n) is 5.53. The zero-order valence-corrected chi connectivity index (χ0v) is 13.6. The molecule has 0 radical (unpaired) electrons. The number of piperazine rings is 1. The van der Waals surface area contributed by atoms with Gasteiger partial charge in [0.15, 0.2) is 0 Å². The summed E-state index contributed by atoms with van der Waals surface area (Å²) in [5.74, 6) is -0.101. The van der Waals surface area contributed by atoms with Crippen molar-refractivity contribution in [2.24, 2.45) is 16.7 Å². The van der Waals surface area contributed by atoms with Crippen LogP contribution in [-0.4, -0.2) is 50.7 Å². The molecule has 0 unspecified atom stereocenters. The summed E-state index contributed by atoms with van der Waals surface area (Å²) in [6.45, 7) is 8.45. The Hall–Kier alpha value is -0.500. The van der Waals surface area contributed by atoms with E-state index in [4.69, 9.17) is 4.55 Å². The minimum absolute atomic E-state index is 0.0152. The molecule has 2 atom stereocenters. The van der Waals surface area contributed by atoms with Gasteiger partial charge in [0.25, 0.3) is 10.1 Å². The largest absolute Gasteiger partial charge is 0.314 e. The van der Waals surface area contributed by atoms with Gasteiger partial charge in [0.2, 0.25) is 0 Å². The molecule has 0 aromatic carbocycles. The maximum atomic E-state index is 11.9. The topological polar surface area (TPSA) is 95.5 Å². The molecule has 7 heteroatoms. The Kier molecular flexibility index (Phi) is 4.78. The van der Waals surface area contributed by atoms with Crippen LogP contribution in [0.1, 0.15) is 33.1 Å². The van der Waals surface area contributed by atoms with Crippen LogP contribution < -0.4 is 10.6 Å². The van der Waals surface area contributed by atoms with Crippen LogP contribution in [-0.2, 0) is 14.9 Å². The Balaban J connectivity index is 0.000000225. The normalized spacial score (nSPS) is 34.4. The second kappa shape index (κ2) is 5.95. The molecule has 0 spiro atoms. The summed E-state index contributed by atoms with van der Waals surface area (Å²) in [4.78, 5) is 11.9. The summed E-state index contributed by atoms with van der Waals surface area (Å²) in [6, 6.07) is 0. The Morgan fingerprint density at radius 2 is 1.71 bits per heavy atom. The van der Waals surface area contributed by atoms with E-state index in [-0.39, 0.29) is 17.1 Å². The zero-order valence-electron chi connectivity index (χ0n) is 12.8. The molecule has 0 amide bonds. The summed E-state index contributed by atoms with van der Waals surface area (Å²) in [5.41, 5.74) is -1.12. The molecule has 1 aliphatic heterocycles. The zero-order chi connectivity index (χ0) is 15.7. The minimum Gasteiger partial charge on any atom is -0.314 e. The lowest BCUT2D eigenvalue weighted by Crippen LogP contribution is -2.42. The first-order valence-corrected chi connectivity index (χ1v) is 9.20. The predicted octanol–water partition coefficient (Wildman–Crippen LogP) is 0.449. The van der Waals surface area contributed by atoms with Crippen LogP contribution in [0, 0.1) is 16.7 Å². The number of hydrogen-bond donors (Lipinski definition) is 3. The molecule has 2 aliphatic carbocycles. The van der Waals surface area contributed by atoms with Crippen molar-refractivity contribution in [1.82, 2.24) is 10.6 Å². The highest BCUT2D eigenvalue weighted by Gasteiger charge is 2.65. The molecule has 3 aliphatic rings. The third-order valence-corrected chi connectivity index (χ3v) is 6.38. The Morgan fingerprint density at radius 1 is 1.19 bits per heavy atom. The van der Waals surface area contributed by atoms with Gasteiger partial charge in [-0.25, -0.2) is 0 Å². The van der Waals surface area contributed by atoms with Crippen molar-refractivity contribution in [3.8, 4) is 0 Å². The van der Waals surface area contributed by atoms with Crippen molar-refractivity contribution in [3.05, 3.63) is 0 Å². The van der Waals surface area contributed by atoms with Crippen LogP contribution >= 0.6 is 0 Å². The number of ketones is 1. The van der Waals surface area contributed by atoms with E-state index in [1.807, 2.05) is 13.8 Å². The van der Waals surface area contributed by atoms with Gasteiger partial charge in [-0.3, -0.25) is 9.35 Å². The fraction of sp³-hybridized carbons (Fsp3) is 0.929. The highest BCUT2D eigenvalue weighted by atomic mass is 32.2. The average Bonchev–Trinajstić information content (AvgIpc) is 2.73. The van der Waals surface area contributed by atoms with Gasteiger partial charge in [0.1, 0.15) is 5.78 Å². The van der Waals surface area contributed by atoms with E-state index in [9.17, 15) is 13.2 Å². The molecule has 0 aromatic heterocycles. The van der Waals surface area contributed by atoms with Crippen molar-refractivity contribution in [3.63, 3.8) is 0 Å². The SMILES string of the molecule is C1CNCCN1.CC1(C)[C@@H]2CC[C@@]1(CS(=O)(=O)O)C(=O)C2. The van der Waals surface area contributed by atoms with Crippen LogP contribution in [0.3, 0.4) is 0 Å². The van der Waals surface area contributed by atoms with E-state index in [0.717, 1.165) is 32.6 Å². The molecule has 3 fully saturated rings. The van der Waals surface area contributed by atoms with E-state index in [2.05, 4.69) is 10.6 Å². The number of hydrogen-bond acceptors (Lipinski definition) is 5. The molecular weight excluding hydrogens is 292 g/mol. The van der Waals surface area contributed by atoms with E-state index in [1.165, 1.54) is 0 Å². The van der Waals surface area contributed by atoms with Gasteiger partial charge >= 0.3 is 0 Å². The molecule has 6 nitrogen and oxygen atoms in total. The molecule has 3 N–H and O–H groups in total. The fourth-order valence-electron chi connectivity index (χ4n) is 4.02. The van der Waals surface area contributed by atoms with Crippen molar-refractivity contribution in [2.45, 2.75) is 33.1 Å². The Bertz CT molecular complexity index is 488. The standard InChI is InChI=1S/C10H16O4S.C4H10N2/c1-9(2)7-3-4-10(9,8(11)5-7)6-15(12,13)14;1-2-6-4-3-5-1/h7H,3-6H2,1-2H3,(H,12,13,14);5-6H,1-4H2/t7-,10-;/m1./s1. The van der Waals surface area contributed by atoms with Crippen LogP contribution in [0.15, 0.2) is 0 Å². The number of fused-ring (bicyclic) bond motifs is 2. The van der Waals surface area contributed by atoms with Gasteiger partial charge in [0.05, 0.1) is 11.2 Å². The molecule has 1 saturated heterocycles. The minimum atomic E-state index is -4.08. The van der Waals surface area contributed by atoms with E-state index >= 15 is 0 Å². The van der Waals surface area contributed by atoms with Crippen LogP contribution in [0.25, 0.3) is 0 Å². The lowest BCUT2D eigenvalue weighted by atomic mass is 9.70. The van der Waals surface area contributed by atoms with Crippen LogP contribution in [0.4, 0.5) is 0 Å². The van der Waals surface area contributed by atoms with Gasteiger partial charge in [-0.05, 0) is 24.2 Å². The van der Waals surface area contributed by atoms with Gasteiger partial charge in [-0.2, -0.15) is 8.42 Å². The average molecular weight is 318 g/mol. The van der Waals surface area contributed by atoms with E-state index < -0.39 is 21.3 Å². The summed E-state index contributed by atoms with van der Waals surface area (Å²) >= 11 is 0. The number of nitrogens with one attached hydrogen (secondary N) is 2. The molecule has 21 heavy (non-hydrogen) atoms. The molecule has 0 aromatic rings. The first-order valence-electron chi connectivity index (χ1n) is 7.59. The van der Waals surface area contributed by atoms with E-state index in [0.29, 0.717) is 12.8 Å². The van der Waals surface area contributed by atoms with Crippen LogP contribution in [0.2, 0.25) is 0 Å². The maximum Gasteiger partial charge on any atom is 0.265 e. The first-order chi connectivity index (χ1) is 9.69. The molecule has 2 bridgehead atoms. The Labute approximate surface area is 126 Å². The molecule has 2 saturated carbocycles. The summed E-state index contributed by atoms with van der Waals surface area (Å²) in [5, 5.41) is 6.44. The highest BCUT2D eigenvalue weighted by Crippen LogP contribution is 2.64. The summed E-state index contributed by atoms with van der Waals surface area (Å²) in [6.07, 6.45) is 1.97. The van der Waals surface area contributed by atoms with Gasteiger partial charge in [-0.1, -0.05) is 13.8 Å².